The number of carbonyl (C=O) groups excluding carboxylic acids is 1. The fourth-order valence-corrected chi connectivity index (χ4v) is 4.81. The molecule has 0 unspecified atom stereocenters. The van der Waals surface area contributed by atoms with E-state index >= 15 is 0 Å². The van der Waals surface area contributed by atoms with E-state index in [2.05, 4.69) is 0 Å². The van der Waals surface area contributed by atoms with Crippen LogP contribution in [0, 0.1) is 0 Å². The Hall–Kier alpha value is -2.35. The van der Waals surface area contributed by atoms with Crippen LogP contribution < -0.4 is 9.64 Å². The smallest absolute Gasteiger partial charge is 0.228 e. The lowest BCUT2D eigenvalue weighted by molar-refractivity contribution is -0.118. The molecule has 0 saturated heterocycles. The molecule has 0 aliphatic rings. The Bertz CT molecular complexity index is 1050. The van der Waals surface area contributed by atoms with Crippen LogP contribution in [0.5, 0.6) is 5.75 Å². The van der Waals surface area contributed by atoms with E-state index < -0.39 is 9.84 Å². The predicted octanol–water partition coefficient (Wildman–Crippen LogP) is 4.81. The number of nitrogens with zero attached hydrogens (tertiary/aromatic N) is 1. The lowest BCUT2D eigenvalue weighted by atomic mass is 10.2. The van der Waals surface area contributed by atoms with E-state index in [0.717, 1.165) is 4.88 Å². The number of sulfone groups is 1. The predicted molar refractivity (Wildman–Crippen MR) is 117 cm³/mol. The Kier molecular flexibility index (Phi) is 6.95. The van der Waals surface area contributed by atoms with E-state index in [4.69, 9.17) is 16.3 Å². The molecule has 0 aliphatic carbocycles. The van der Waals surface area contributed by atoms with Crippen LogP contribution in [0.25, 0.3) is 0 Å². The van der Waals surface area contributed by atoms with Crippen molar-refractivity contribution in [2.45, 2.75) is 17.9 Å². The number of hydrogen-bond acceptors (Lipinski definition) is 5. The highest BCUT2D eigenvalue weighted by atomic mass is 35.5. The number of amides is 1. The first-order valence-corrected chi connectivity index (χ1v) is 11.7. The number of benzene rings is 2. The first kappa shape index (κ1) is 21.4. The molecule has 0 aliphatic heterocycles. The standard InChI is InChI=1S/C21H20ClNO4S2/c1-27-18-8-6-17(7-9-18)23(15-19-3-2-13-28-19)21(24)12-14-29(25,26)20-10-4-16(22)5-11-20/h2-11,13H,12,14-15H2,1H3. The number of halogens is 1. The minimum Gasteiger partial charge on any atom is -0.497 e. The highest BCUT2D eigenvalue weighted by molar-refractivity contribution is 7.91. The minimum atomic E-state index is -3.58. The second-order valence-corrected chi connectivity index (χ2v) is 9.86. The zero-order valence-electron chi connectivity index (χ0n) is 15.7. The van der Waals surface area contributed by atoms with Crippen molar-refractivity contribution < 1.29 is 17.9 Å². The number of rotatable bonds is 8. The Morgan fingerprint density at radius 3 is 2.34 bits per heavy atom. The Morgan fingerprint density at radius 2 is 1.76 bits per heavy atom. The van der Waals surface area contributed by atoms with E-state index in [1.54, 1.807) is 47.6 Å². The number of hydrogen-bond donors (Lipinski definition) is 0. The molecule has 152 valence electrons. The van der Waals surface area contributed by atoms with Crippen LogP contribution in [0.15, 0.2) is 70.9 Å². The maximum absolute atomic E-state index is 13.0. The zero-order chi connectivity index (χ0) is 20.9. The number of methoxy groups -OCH3 is 1. The van der Waals surface area contributed by atoms with Crippen molar-refractivity contribution in [3.8, 4) is 5.75 Å². The molecule has 0 saturated carbocycles. The van der Waals surface area contributed by atoms with Crippen LogP contribution in [0.1, 0.15) is 11.3 Å². The summed E-state index contributed by atoms with van der Waals surface area (Å²) in [6.07, 6.45) is -0.123. The normalized spacial score (nSPS) is 11.2. The summed E-state index contributed by atoms with van der Waals surface area (Å²) >= 11 is 7.37. The number of anilines is 1. The van der Waals surface area contributed by atoms with E-state index in [1.165, 1.54) is 24.3 Å². The average Bonchev–Trinajstić information content (AvgIpc) is 3.24. The van der Waals surface area contributed by atoms with Crippen LogP contribution >= 0.6 is 22.9 Å². The molecule has 0 fully saturated rings. The highest BCUT2D eigenvalue weighted by Gasteiger charge is 2.21. The van der Waals surface area contributed by atoms with Gasteiger partial charge in [-0.05, 0) is 60.0 Å². The van der Waals surface area contributed by atoms with Gasteiger partial charge in [0.2, 0.25) is 5.91 Å². The number of carbonyl (C=O) groups is 1. The minimum absolute atomic E-state index is 0.123. The van der Waals surface area contributed by atoms with Crippen molar-refractivity contribution in [1.29, 1.82) is 0 Å². The van der Waals surface area contributed by atoms with Crippen molar-refractivity contribution in [2.24, 2.45) is 0 Å². The molecule has 2 aromatic carbocycles. The fraction of sp³-hybridized carbons (Fsp3) is 0.190. The van der Waals surface area contributed by atoms with E-state index in [1.807, 2.05) is 17.5 Å². The van der Waals surface area contributed by atoms with Gasteiger partial charge < -0.3 is 9.64 Å². The van der Waals surface area contributed by atoms with Crippen molar-refractivity contribution in [2.75, 3.05) is 17.8 Å². The monoisotopic (exact) mass is 449 g/mol. The molecule has 0 radical (unpaired) electrons. The highest BCUT2D eigenvalue weighted by Crippen LogP contribution is 2.24. The molecule has 3 aromatic rings. The quantitative estimate of drug-likeness (QED) is 0.495. The second kappa shape index (κ2) is 9.43. The topological polar surface area (TPSA) is 63.7 Å². The van der Waals surface area contributed by atoms with Gasteiger partial charge in [-0.25, -0.2) is 8.42 Å². The molecule has 29 heavy (non-hydrogen) atoms. The summed E-state index contributed by atoms with van der Waals surface area (Å²) in [4.78, 5) is 15.7. The lowest BCUT2D eigenvalue weighted by Gasteiger charge is -2.22. The maximum Gasteiger partial charge on any atom is 0.228 e. The second-order valence-electron chi connectivity index (χ2n) is 6.28. The van der Waals surface area contributed by atoms with Crippen LogP contribution in [0.3, 0.4) is 0 Å². The van der Waals surface area contributed by atoms with Crippen LogP contribution in [0.4, 0.5) is 5.69 Å². The Balaban J connectivity index is 1.77. The SMILES string of the molecule is COc1ccc(N(Cc2cccs2)C(=O)CCS(=O)(=O)c2ccc(Cl)cc2)cc1. The summed E-state index contributed by atoms with van der Waals surface area (Å²) < 4.78 is 30.3. The first-order valence-electron chi connectivity index (χ1n) is 8.84. The van der Waals surface area contributed by atoms with Crippen LogP contribution in [-0.2, 0) is 21.2 Å². The molecule has 0 spiro atoms. The van der Waals surface area contributed by atoms with Gasteiger partial charge in [0.15, 0.2) is 9.84 Å². The fourth-order valence-electron chi connectivity index (χ4n) is 2.76. The van der Waals surface area contributed by atoms with Crippen LogP contribution in [0.2, 0.25) is 5.02 Å². The average molecular weight is 450 g/mol. The summed E-state index contributed by atoms with van der Waals surface area (Å²) in [6.45, 7) is 0.379. The summed E-state index contributed by atoms with van der Waals surface area (Å²) in [7, 11) is -2.01. The number of thiophene rings is 1. The summed E-state index contributed by atoms with van der Waals surface area (Å²) in [5.74, 6) is 0.147. The molecule has 0 atom stereocenters. The van der Waals surface area contributed by atoms with Gasteiger partial charge in [-0.3, -0.25) is 4.79 Å². The van der Waals surface area contributed by atoms with Gasteiger partial charge in [-0.1, -0.05) is 17.7 Å². The van der Waals surface area contributed by atoms with E-state index in [0.29, 0.717) is 23.0 Å². The van der Waals surface area contributed by atoms with Crippen molar-refractivity contribution >= 4 is 44.4 Å². The largest absolute Gasteiger partial charge is 0.497 e. The third-order valence-corrected chi connectivity index (χ3v) is 7.18. The molecular weight excluding hydrogens is 430 g/mol. The van der Waals surface area contributed by atoms with Crippen molar-refractivity contribution in [3.63, 3.8) is 0 Å². The summed E-state index contributed by atoms with van der Waals surface area (Å²) in [5, 5.41) is 2.40. The van der Waals surface area contributed by atoms with Gasteiger partial charge in [-0.15, -0.1) is 11.3 Å². The van der Waals surface area contributed by atoms with Gasteiger partial charge >= 0.3 is 0 Å². The molecule has 3 rings (SSSR count). The molecule has 1 amide bonds. The van der Waals surface area contributed by atoms with Gasteiger partial charge in [0.25, 0.3) is 0 Å². The van der Waals surface area contributed by atoms with Gasteiger partial charge in [0, 0.05) is 22.0 Å². The van der Waals surface area contributed by atoms with Gasteiger partial charge in [0.1, 0.15) is 5.75 Å². The van der Waals surface area contributed by atoms with E-state index in [9.17, 15) is 13.2 Å². The number of ether oxygens (including phenoxy) is 1. The van der Waals surface area contributed by atoms with E-state index in [-0.39, 0.29) is 23.0 Å². The van der Waals surface area contributed by atoms with Gasteiger partial charge in [-0.2, -0.15) is 0 Å². The van der Waals surface area contributed by atoms with Gasteiger partial charge in [0.05, 0.1) is 24.3 Å². The first-order chi connectivity index (χ1) is 13.9. The zero-order valence-corrected chi connectivity index (χ0v) is 18.1. The van der Waals surface area contributed by atoms with Crippen molar-refractivity contribution in [1.82, 2.24) is 0 Å². The van der Waals surface area contributed by atoms with Crippen LogP contribution in [-0.4, -0.2) is 27.2 Å². The summed E-state index contributed by atoms with van der Waals surface area (Å²) in [5.41, 5.74) is 0.688. The Morgan fingerprint density at radius 1 is 1.07 bits per heavy atom. The molecule has 5 nitrogen and oxygen atoms in total. The third kappa shape index (κ3) is 5.59. The molecule has 1 aromatic heterocycles. The Labute approximate surface area is 179 Å². The molecule has 8 heteroatoms. The molecular formula is C21H20ClNO4S2. The molecule has 0 bridgehead atoms. The third-order valence-electron chi connectivity index (χ3n) is 4.34. The molecule has 0 N–H and O–H groups in total. The molecule has 1 heterocycles. The lowest BCUT2D eigenvalue weighted by Crippen LogP contribution is -2.31. The summed E-state index contributed by atoms with van der Waals surface area (Å²) in [6, 6.07) is 16.9. The maximum atomic E-state index is 13.0. The van der Waals surface area contributed by atoms with Crippen molar-refractivity contribution in [3.05, 3.63) is 75.9 Å².